The van der Waals surface area contributed by atoms with Crippen molar-refractivity contribution in [3.8, 4) is 0 Å². The number of halogens is 1. The average molecular weight is 268 g/mol. The Morgan fingerprint density at radius 1 is 1.33 bits per heavy atom. The predicted octanol–water partition coefficient (Wildman–Crippen LogP) is 1.53. The lowest BCUT2D eigenvalue weighted by molar-refractivity contribution is -0.116. The SMILES string of the molecule is Cc1c(NC(=O)Cn2ncc(Cl)c2C)cnn1C. The highest BCUT2D eigenvalue weighted by Crippen LogP contribution is 2.14. The number of carbonyl (C=O) groups excluding carboxylic acids is 1. The van der Waals surface area contributed by atoms with Crippen molar-refractivity contribution in [2.24, 2.45) is 7.05 Å². The van der Waals surface area contributed by atoms with Gasteiger partial charge in [0.2, 0.25) is 5.91 Å². The van der Waals surface area contributed by atoms with Crippen molar-refractivity contribution in [2.75, 3.05) is 5.32 Å². The molecule has 0 aliphatic heterocycles. The van der Waals surface area contributed by atoms with Crippen LogP contribution >= 0.6 is 11.6 Å². The summed E-state index contributed by atoms with van der Waals surface area (Å²) in [5, 5.41) is 11.4. The van der Waals surface area contributed by atoms with Crippen molar-refractivity contribution < 1.29 is 4.79 Å². The van der Waals surface area contributed by atoms with Gasteiger partial charge in [-0.15, -0.1) is 0 Å². The molecule has 0 spiro atoms. The topological polar surface area (TPSA) is 64.7 Å². The Labute approximate surface area is 110 Å². The zero-order valence-corrected chi connectivity index (χ0v) is 11.2. The van der Waals surface area contributed by atoms with Gasteiger partial charge in [0.05, 0.1) is 34.5 Å². The number of anilines is 1. The van der Waals surface area contributed by atoms with Gasteiger partial charge in [-0.05, 0) is 13.8 Å². The van der Waals surface area contributed by atoms with Crippen LogP contribution in [-0.4, -0.2) is 25.5 Å². The molecule has 0 atom stereocenters. The van der Waals surface area contributed by atoms with E-state index in [1.54, 1.807) is 15.6 Å². The number of nitrogens with zero attached hydrogens (tertiary/aromatic N) is 4. The van der Waals surface area contributed by atoms with E-state index in [1.165, 1.54) is 6.20 Å². The highest BCUT2D eigenvalue weighted by atomic mass is 35.5. The number of aryl methyl sites for hydroxylation is 1. The van der Waals surface area contributed by atoms with E-state index in [2.05, 4.69) is 15.5 Å². The summed E-state index contributed by atoms with van der Waals surface area (Å²) >= 11 is 5.87. The second-order valence-corrected chi connectivity index (χ2v) is 4.46. The average Bonchev–Trinajstić information content (AvgIpc) is 2.80. The molecule has 96 valence electrons. The molecule has 0 radical (unpaired) electrons. The molecule has 7 heteroatoms. The quantitative estimate of drug-likeness (QED) is 0.917. The maximum atomic E-state index is 11.9. The normalized spacial score (nSPS) is 10.7. The molecule has 18 heavy (non-hydrogen) atoms. The molecule has 0 bridgehead atoms. The molecule has 0 fully saturated rings. The first-order chi connectivity index (χ1) is 8.49. The molecule has 2 aromatic rings. The van der Waals surface area contributed by atoms with Crippen LogP contribution in [0.1, 0.15) is 11.4 Å². The molecule has 2 heterocycles. The molecule has 0 saturated carbocycles. The van der Waals surface area contributed by atoms with Gasteiger partial charge < -0.3 is 5.32 Å². The Morgan fingerprint density at radius 3 is 2.56 bits per heavy atom. The molecular weight excluding hydrogens is 254 g/mol. The van der Waals surface area contributed by atoms with Gasteiger partial charge in [-0.3, -0.25) is 14.2 Å². The van der Waals surface area contributed by atoms with E-state index in [-0.39, 0.29) is 12.5 Å². The fourth-order valence-electron chi connectivity index (χ4n) is 1.53. The van der Waals surface area contributed by atoms with E-state index in [0.717, 1.165) is 11.4 Å². The lowest BCUT2D eigenvalue weighted by atomic mass is 10.4. The van der Waals surface area contributed by atoms with Crippen LogP contribution in [0.4, 0.5) is 5.69 Å². The molecule has 0 saturated heterocycles. The zero-order valence-electron chi connectivity index (χ0n) is 10.4. The molecule has 2 rings (SSSR count). The van der Waals surface area contributed by atoms with Crippen molar-refractivity contribution in [3.63, 3.8) is 0 Å². The third-order valence-corrected chi connectivity index (χ3v) is 3.22. The smallest absolute Gasteiger partial charge is 0.246 e. The number of nitrogens with one attached hydrogen (secondary N) is 1. The Balaban J connectivity index is 2.05. The number of amides is 1. The summed E-state index contributed by atoms with van der Waals surface area (Å²) in [7, 11) is 1.82. The van der Waals surface area contributed by atoms with E-state index in [9.17, 15) is 4.79 Å². The van der Waals surface area contributed by atoms with Gasteiger partial charge in [0.1, 0.15) is 6.54 Å². The van der Waals surface area contributed by atoms with Crippen LogP contribution in [0.3, 0.4) is 0 Å². The molecule has 1 N–H and O–H groups in total. The van der Waals surface area contributed by atoms with Gasteiger partial charge in [0.25, 0.3) is 0 Å². The Kier molecular flexibility index (Phi) is 3.38. The lowest BCUT2D eigenvalue weighted by Gasteiger charge is -2.06. The number of aromatic nitrogens is 4. The minimum atomic E-state index is -0.158. The van der Waals surface area contributed by atoms with Crippen molar-refractivity contribution in [1.29, 1.82) is 0 Å². The van der Waals surface area contributed by atoms with Crippen molar-refractivity contribution in [2.45, 2.75) is 20.4 Å². The molecule has 0 aliphatic carbocycles. The minimum absolute atomic E-state index is 0.132. The summed E-state index contributed by atoms with van der Waals surface area (Å²) in [5.41, 5.74) is 2.38. The molecule has 0 aliphatic rings. The second kappa shape index (κ2) is 4.81. The number of hydrogen-bond donors (Lipinski definition) is 1. The summed E-state index contributed by atoms with van der Waals surface area (Å²) in [5.74, 6) is -0.158. The summed E-state index contributed by atoms with van der Waals surface area (Å²) in [6.45, 7) is 3.84. The van der Waals surface area contributed by atoms with Gasteiger partial charge in [-0.1, -0.05) is 11.6 Å². The van der Waals surface area contributed by atoms with Crippen LogP contribution in [0.15, 0.2) is 12.4 Å². The first-order valence-electron chi connectivity index (χ1n) is 5.45. The second-order valence-electron chi connectivity index (χ2n) is 4.05. The van der Waals surface area contributed by atoms with E-state index in [4.69, 9.17) is 11.6 Å². The third-order valence-electron chi connectivity index (χ3n) is 2.85. The number of carbonyl (C=O) groups is 1. The molecule has 6 nitrogen and oxygen atoms in total. The Morgan fingerprint density at radius 2 is 2.06 bits per heavy atom. The van der Waals surface area contributed by atoms with E-state index >= 15 is 0 Å². The predicted molar refractivity (Wildman–Crippen MR) is 68.5 cm³/mol. The van der Waals surface area contributed by atoms with Crippen LogP contribution in [-0.2, 0) is 18.4 Å². The molecule has 1 amide bonds. The van der Waals surface area contributed by atoms with Gasteiger partial charge in [0.15, 0.2) is 0 Å². The van der Waals surface area contributed by atoms with Gasteiger partial charge >= 0.3 is 0 Å². The molecular formula is C11H14ClN5O. The van der Waals surface area contributed by atoms with Crippen LogP contribution < -0.4 is 5.32 Å². The summed E-state index contributed by atoms with van der Waals surface area (Å²) in [4.78, 5) is 11.9. The van der Waals surface area contributed by atoms with Crippen molar-refractivity contribution in [1.82, 2.24) is 19.6 Å². The number of hydrogen-bond acceptors (Lipinski definition) is 3. The minimum Gasteiger partial charge on any atom is -0.322 e. The molecule has 0 unspecified atom stereocenters. The monoisotopic (exact) mass is 267 g/mol. The Hall–Kier alpha value is -1.82. The van der Waals surface area contributed by atoms with Gasteiger partial charge in [-0.25, -0.2) is 0 Å². The van der Waals surface area contributed by atoms with E-state index in [1.807, 2.05) is 20.9 Å². The first kappa shape index (κ1) is 12.6. The standard InChI is InChI=1S/C11H14ClN5O/c1-7-9(12)4-14-17(7)6-11(18)15-10-5-13-16(3)8(10)2/h4-5H,6H2,1-3H3,(H,15,18). The summed E-state index contributed by atoms with van der Waals surface area (Å²) in [6, 6.07) is 0. The largest absolute Gasteiger partial charge is 0.322 e. The zero-order chi connectivity index (χ0) is 13.3. The first-order valence-corrected chi connectivity index (χ1v) is 5.83. The number of rotatable bonds is 3. The lowest BCUT2D eigenvalue weighted by Crippen LogP contribution is -2.20. The molecule has 2 aromatic heterocycles. The highest BCUT2D eigenvalue weighted by Gasteiger charge is 2.11. The van der Waals surface area contributed by atoms with Crippen LogP contribution in [0.25, 0.3) is 0 Å². The molecule has 0 aromatic carbocycles. The van der Waals surface area contributed by atoms with Gasteiger partial charge in [-0.2, -0.15) is 10.2 Å². The van der Waals surface area contributed by atoms with Crippen LogP contribution in [0, 0.1) is 13.8 Å². The van der Waals surface area contributed by atoms with Crippen LogP contribution in [0.5, 0.6) is 0 Å². The maximum absolute atomic E-state index is 11.9. The van der Waals surface area contributed by atoms with Crippen molar-refractivity contribution in [3.05, 3.63) is 28.8 Å². The van der Waals surface area contributed by atoms with Gasteiger partial charge in [0, 0.05) is 7.05 Å². The summed E-state index contributed by atoms with van der Waals surface area (Å²) < 4.78 is 3.26. The highest BCUT2D eigenvalue weighted by molar-refractivity contribution is 6.31. The summed E-state index contributed by atoms with van der Waals surface area (Å²) in [6.07, 6.45) is 3.15. The maximum Gasteiger partial charge on any atom is 0.246 e. The van der Waals surface area contributed by atoms with Crippen LogP contribution in [0.2, 0.25) is 5.02 Å². The fraction of sp³-hybridized carbons (Fsp3) is 0.364. The van der Waals surface area contributed by atoms with Crippen molar-refractivity contribution >= 4 is 23.2 Å². The Bertz CT molecular complexity index is 536. The fourth-order valence-corrected chi connectivity index (χ4v) is 1.67. The van der Waals surface area contributed by atoms with E-state index in [0.29, 0.717) is 10.7 Å². The van der Waals surface area contributed by atoms with E-state index < -0.39 is 0 Å². The third kappa shape index (κ3) is 2.38.